The summed E-state index contributed by atoms with van der Waals surface area (Å²) in [5.41, 5.74) is -0.166. The SMILES string of the molecule is COCC1(C(=O)NCC2(N3CCCCC3)CCCCC2)CCNC1. The van der Waals surface area contributed by atoms with Crippen LogP contribution in [0.5, 0.6) is 0 Å². The molecule has 0 aromatic heterocycles. The predicted molar refractivity (Wildman–Crippen MR) is 96.0 cm³/mol. The van der Waals surface area contributed by atoms with Crippen LogP contribution >= 0.6 is 0 Å². The fourth-order valence-corrected chi connectivity index (χ4v) is 5.02. The summed E-state index contributed by atoms with van der Waals surface area (Å²) >= 11 is 0. The zero-order valence-electron chi connectivity index (χ0n) is 15.4. The smallest absolute Gasteiger partial charge is 0.229 e. The molecule has 0 spiro atoms. The summed E-state index contributed by atoms with van der Waals surface area (Å²) in [5.74, 6) is 0.191. The molecule has 1 atom stereocenters. The normalized spacial score (nSPS) is 31.0. The largest absolute Gasteiger partial charge is 0.384 e. The standard InChI is InChI=1S/C19H35N3O2/c1-24-16-18(10-11-20-14-18)17(23)21-15-19(8-4-2-5-9-19)22-12-6-3-7-13-22/h20H,2-16H2,1H3,(H,21,23). The number of piperidine rings is 1. The Labute approximate surface area is 146 Å². The number of ether oxygens (including phenoxy) is 1. The van der Waals surface area contributed by atoms with E-state index < -0.39 is 0 Å². The lowest BCUT2D eigenvalue weighted by atomic mass is 9.78. The van der Waals surface area contributed by atoms with Gasteiger partial charge in [-0.25, -0.2) is 0 Å². The Morgan fingerprint density at radius 1 is 1.08 bits per heavy atom. The van der Waals surface area contributed by atoms with Crippen LogP contribution in [0.4, 0.5) is 0 Å². The van der Waals surface area contributed by atoms with Gasteiger partial charge in [-0.2, -0.15) is 0 Å². The number of carbonyl (C=O) groups excluding carboxylic acids is 1. The van der Waals surface area contributed by atoms with Crippen molar-refractivity contribution in [2.24, 2.45) is 5.41 Å². The molecule has 1 amide bonds. The van der Waals surface area contributed by atoms with Crippen LogP contribution in [0, 0.1) is 5.41 Å². The molecule has 5 heteroatoms. The number of likely N-dealkylation sites (tertiary alicyclic amines) is 1. The summed E-state index contributed by atoms with van der Waals surface area (Å²) in [6.45, 7) is 5.40. The lowest BCUT2D eigenvalue weighted by Crippen LogP contribution is -2.59. The maximum Gasteiger partial charge on any atom is 0.229 e. The molecule has 3 fully saturated rings. The highest BCUT2D eigenvalue weighted by Gasteiger charge is 2.44. The summed E-state index contributed by atoms with van der Waals surface area (Å²) in [6, 6.07) is 0. The summed E-state index contributed by atoms with van der Waals surface area (Å²) in [7, 11) is 1.70. The highest BCUT2D eigenvalue weighted by molar-refractivity contribution is 5.83. The molecule has 1 aliphatic carbocycles. The number of amides is 1. The van der Waals surface area contributed by atoms with Gasteiger partial charge in [0.15, 0.2) is 0 Å². The fourth-order valence-electron chi connectivity index (χ4n) is 5.02. The minimum Gasteiger partial charge on any atom is -0.384 e. The Morgan fingerprint density at radius 3 is 2.42 bits per heavy atom. The number of rotatable bonds is 6. The van der Waals surface area contributed by atoms with Gasteiger partial charge in [0.05, 0.1) is 12.0 Å². The van der Waals surface area contributed by atoms with Crippen molar-refractivity contribution in [3.8, 4) is 0 Å². The van der Waals surface area contributed by atoms with Crippen molar-refractivity contribution in [2.75, 3.05) is 46.4 Å². The lowest BCUT2D eigenvalue weighted by molar-refractivity contribution is -0.134. The van der Waals surface area contributed by atoms with E-state index in [4.69, 9.17) is 4.74 Å². The Kier molecular flexibility index (Phi) is 6.17. The molecule has 2 saturated heterocycles. The van der Waals surface area contributed by atoms with Crippen molar-refractivity contribution in [2.45, 2.75) is 63.3 Å². The third-order valence-electron chi connectivity index (χ3n) is 6.54. The predicted octanol–water partition coefficient (Wildman–Crippen LogP) is 1.92. The number of carbonyl (C=O) groups is 1. The van der Waals surface area contributed by atoms with Crippen molar-refractivity contribution < 1.29 is 9.53 Å². The molecular formula is C19H35N3O2. The maximum absolute atomic E-state index is 13.0. The molecule has 1 saturated carbocycles. The van der Waals surface area contributed by atoms with Gasteiger partial charge in [0.2, 0.25) is 5.91 Å². The summed E-state index contributed by atoms with van der Waals surface area (Å²) in [5, 5.41) is 6.70. The molecule has 5 nitrogen and oxygen atoms in total. The molecule has 2 heterocycles. The van der Waals surface area contributed by atoms with E-state index in [9.17, 15) is 4.79 Å². The average Bonchev–Trinajstić information content (AvgIpc) is 3.11. The lowest BCUT2D eigenvalue weighted by Gasteiger charge is -2.48. The van der Waals surface area contributed by atoms with Crippen LogP contribution in [0.2, 0.25) is 0 Å². The monoisotopic (exact) mass is 337 g/mol. The molecule has 2 N–H and O–H groups in total. The first-order valence-corrected chi connectivity index (χ1v) is 9.94. The van der Waals surface area contributed by atoms with Gasteiger partial charge in [-0.15, -0.1) is 0 Å². The van der Waals surface area contributed by atoms with Crippen LogP contribution in [0.15, 0.2) is 0 Å². The molecule has 0 radical (unpaired) electrons. The summed E-state index contributed by atoms with van der Waals surface area (Å²) in [4.78, 5) is 15.7. The van der Waals surface area contributed by atoms with Crippen LogP contribution < -0.4 is 10.6 Å². The van der Waals surface area contributed by atoms with Gasteiger partial charge in [0.25, 0.3) is 0 Å². The maximum atomic E-state index is 13.0. The van der Waals surface area contributed by atoms with Gasteiger partial charge in [-0.1, -0.05) is 25.7 Å². The molecule has 138 valence electrons. The van der Waals surface area contributed by atoms with E-state index >= 15 is 0 Å². The van der Waals surface area contributed by atoms with Gasteiger partial charge in [-0.05, 0) is 51.7 Å². The highest BCUT2D eigenvalue weighted by Crippen LogP contribution is 2.35. The van der Waals surface area contributed by atoms with Crippen molar-refractivity contribution in [1.82, 2.24) is 15.5 Å². The molecule has 2 aliphatic heterocycles. The molecule has 0 aromatic carbocycles. The van der Waals surface area contributed by atoms with E-state index in [1.807, 2.05) is 0 Å². The molecule has 24 heavy (non-hydrogen) atoms. The van der Waals surface area contributed by atoms with E-state index in [0.29, 0.717) is 6.61 Å². The minimum atomic E-state index is -0.369. The Balaban J connectivity index is 1.65. The van der Waals surface area contributed by atoms with Crippen molar-refractivity contribution in [3.05, 3.63) is 0 Å². The van der Waals surface area contributed by atoms with Gasteiger partial charge in [0, 0.05) is 25.7 Å². The van der Waals surface area contributed by atoms with Crippen LogP contribution in [0.25, 0.3) is 0 Å². The number of nitrogens with zero attached hydrogens (tertiary/aromatic N) is 1. The molecular weight excluding hydrogens is 302 g/mol. The first-order chi connectivity index (χ1) is 11.7. The highest BCUT2D eigenvalue weighted by atomic mass is 16.5. The van der Waals surface area contributed by atoms with Gasteiger partial charge < -0.3 is 15.4 Å². The summed E-state index contributed by atoms with van der Waals surface area (Å²) < 4.78 is 5.37. The van der Waals surface area contributed by atoms with E-state index in [2.05, 4.69) is 15.5 Å². The third kappa shape index (κ3) is 3.78. The number of methoxy groups -OCH3 is 1. The van der Waals surface area contributed by atoms with E-state index in [1.54, 1.807) is 7.11 Å². The Morgan fingerprint density at radius 2 is 1.79 bits per heavy atom. The molecule has 3 rings (SSSR count). The molecule has 0 aromatic rings. The van der Waals surface area contributed by atoms with Crippen molar-refractivity contribution in [1.29, 1.82) is 0 Å². The third-order valence-corrected chi connectivity index (χ3v) is 6.54. The number of hydrogen-bond donors (Lipinski definition) is 2. The topological polar surface area (TPSA) is 53.6 Å². The zero-order valence-corrected chi connectivity index (χ0v) is 15.4. The zero-order chi connectivity index (χ0) is 16.9. The van der Waals surface area contributed by atoms with Gasteiger partial charge in [0.1, 0.15) is 0 Å². The Bertz CT molecular complexity index is 409. The molecule has 3 aliphatic rings. The second kappa shape index (κ2) is 8.15. The number of hydrogen-bond acceptors (Lipinski definition) is 4. The van der Waals surface area contributed by atoms with Crippen molar-refractivity contribution >= 4 is 5.91 Å². The number of nitrogens with one attached hydrogen (secondary N) is 2. The first-order valence-electron chi connectivity index (χ1n) is 9.94. The Hall–Kier alpha value is -0.650. The molecule has 1 unspecified atom stereocenters. The quantitative estimate of drug-likeness (QED) is 0.777. The van der Waals surface area contributed by atoms with E-state index in [-0.39, 0.29) is 16.9 Å². The second-order valence-corrected chi connectivity index (χ2v) is 8.16. The van der Waals surface area contributed by atoms with Crippen LogP contribution in [0.1, 0.15) is 57.8 Å². The van der Waals surface area contributed by atoms with Gasteiger partial charge >= 0.3 is 0 Å². The molecule has 0 bridgehead atoms. The van der Waals surface area contributed by atoms with Crippen molar-refractivity contribution in [3.63, 3.8) is 0 Å². The first kappa shape index (κ1) is 18.2. The summed E-state index contributed by atoms with van der Waals surface area (Å²) in [6.07, 6.45) is 11.3. The fraction of sp³-hybridized carbons (Fsp3) is 0.947. The van der Waals surface area contributed by atoms with Crippen LogP contribution in [-0.2, 0) is 9.53 Å². The van der Waals surface area contributed by atoms with E-state index in [1.165, 1.54) is 64.5 Å². The van der Waals surface area contributed by atoms with Crippen LogP contribution in [-0.4, -0.2) is 62.8 Å². The van der Waals surface area contributed by atoms with Gasteiger partial charge in [-0.3, -0.25) is 9.69 Å². The van der Waals surface area contributed by atoms with E-state index in [0.717, 1.165) is 26.1 Å². The average molecular weight is 338 g/mol. The van der Waals surface area contributed by atoms with Crippen LogP contribution in [0.3, 0.4) is 0 Å². The second-order valence-electron chi connectivity index (χ2n) is 8.16. The minimum absolute atomic E-state index is 0.191.